The van der Waals surface area contributed by atoms with Gasteiger partial charge < -0.3 is 15.3 Å². The van der Waals surface area contributed by atoms with Crippen molar-refractivity contribution in [2.45, 2.75) is 19.0 Å². The molecule has 2 N–H and O–H groups in total. The van der Waals surface area contributed by atoms with E-state index in [4.69, 9.17) is 5.11 Å². The number of piperidine rings is 1. The zero-order chi connectivity index (χ0) is 17.2. The van der Waals surface area contributed by atoms with Crippen molar-refractivity contribution in [2.75, 3.05) is 18.4 Å². The number of rotatable bonds is 2. The zero-order valence-corrected chi connectivity index (χ0v) is 11.9. The number of carboxylic acid groups (broad SMARTS) is 1. The number of alkyl halides is 3. The Balaban J connectivity index is 2.08. The molecule has 126 valence electrons. The van der Waals surface area contributed by atoms with Crippen molar-refractivity contribution >= 4 is 17.7 Å². The lowest BCUT2D eigenvalue weighted by molar-refractivity contribution is -0.143. The van der Waals surface area contributed by atoms with Gasteiger partial charge in [-0.25, -0.2) is 9.18 Å². The van der Waals surface area contributed by atoms with Crippen LogP contribution < -0.4 is 5.32 Å². The first-order valence-electron chi connectivity index (χ1n) is 6.84. The molecule has 23 heavy (non-hydrogen) atoms. The molecule has 5 nitrogen and oxygen atoms in total. The van der Waals surface area contributed by atoms with Gasteiger partial charge in [0.25, 0.3) is 0 Å². The Morgan fingerprint density at radius 1 is 1.22 bits per heavy atom. The van der Waals surface area contributed by atoms with Crippen molar-refractivity contribution in [1.29, 1.82) is 0 Å². The third-order valence-corrected chi connectivity index (χ3v) is 3.66. The molecule has 0 spiro atoms. The lowest BCUT2D eigenvalue weighted by Crippen LogP contribution is -2.42. The standard InChI is InChI=1S/C14H14F4N2O3/c15-9-1-2-11(10(7-9)14(16,17)18)19-13(23)20-5-3-8(4-6-20)12(21)22/h1-2,7-8H,3-6H2,(H,19,23)(H,21,22). The summed E-state index contributed by atoms with van der Waals surface area (Å²) in [5, 5.41) is 11.0. The maximum absolute atomic E-state index is 13.0. The molecule has 1 fully saturated rings. The largest absolute Gasteiger partial charge is 0.481 e. The number of amides is 2. The molecule has 1 aliphatic rings. The molecule has 0 saturated carbocycles. The van der Waals surface area contributed by atoms with Crippen LogP contribution in [0.5, 0.6) is 0 Å². The predicted molar refractivity (Wildman–Crippen MR) is 72.4 cm³/mol. The van der Waals surface area contributed by atoms with Crippen molar-refractivity contribution in [3.05, 3.63) is 29.6 Å². The van der Waals surface area contributed by atoms with Gasteiger partial charge in [0.1, 0.15) is 5.82 Å². The Hall–Kier alpha value is -2.32. The number of likely N-dealkylation sites (tertiary alicyclic amines) is 1. The predicted octanol–water partition coefficient (Wildman–Crippen LogP) is 3.17. The van der Waals surface area contributed by atoms with Gasteiger partial charge in [-0.3, -0.25) is 4.79 Å². The molecule has 0 radical (unpaired) electrons. The molecule has 2 amide bonds. The van der Waals surface area contributed by atoms with E-state index in [1.807, 2.05) is 0 Å². The van der Waals surface area contributed by atoms with Crippen LogP contribution in [-0.4, -0.2) is 35.1 Å². The summed E-state index contributed by atoms with van der Waals surface area (Å²) in [5.74, 6) is -2.57. The van der Waals surface area contributed by atoms with Crippen molar-refractivity contribution in [1.82, 2.24) is 4.90 Å². The highest BCUT2D eigenvalue weighted by Gasteiger charge is 2.35. The monoisotopic (exact) mass is 334 g/mol. The summed E-state index contributed by atoms with van der Waals surface area (Å²) in [5.41, 5.74) is -1.81. The quantitative estimate of drug-likeness (QED) is 0.816. The van der Waals surface area contributed by atoms with Crippen LogP contribution in [0.3, 0.4) is 0 Å². The fourth-order valence-electron chi connectivity index (χ4n) is 2.38. The van der Waals surface area contributed by atoms with Crippen LogP contribution in [0.2, 0.25) is 0 Å². The SMILES string of the molecule is O=C(O)C1CCN(C(=O)Nc2ccc(F)cc2C(F)(F)F)CC1. The maximum atomic E-state index is 13.0. The molecule has 0 unspecified atom stereocenters. The van der Waals surface area contributed by atoms with Crippen LogP contribution >= 0.6 is 0 Å². The van der Waals surface area contributed by atoms with E-state index in [-0.39, 0.29) is 25.9 Å². The molecule has 0 aromatic heterocycles. The van der Waals surface area contributed by atoms with Crippen LogP contribution in [0.25, 0.3) is 0 Å². The van der Waals surface area contributed by atoms with Gasteiger partial charge in [-0.15, -0.1) is 0 Å². The van der Waals surface area contributed by atoms with Gasteiger partial charge in [0.05, 0.1) is 17.2 Å². The van der Waals surface area contributed by atoms with Gasteiger partial charge in [0.2, 0.25) is 0 Å². The summed E-state index contributed by atoms with van der Waals surface area (Å²) in [4.78, 5) is 24.1. The Morgan fingerprint density at radius 2 is 1.83 bits per heavy atom. The lowest BCUT2D eigenvalue weighted by atomic mass is 9.97. The Labute approximate surface area is 128 Å². The molecule has 0 atom stereocenters. The average Bonchev–Trinajstić information content (AvgIpc) is 2.48. The molecule has 1 aromatic carbocycles. The maximum Gasteiger partial charge on any atom is 0.418 e. The molecule has 1 aromatic rings. The topological polar surface area (TPSA) is 69.6 Å². The summed E-state index contributed by atoms with van der Waals surface area (Å²) in [6.07, 6.45) is -4.34. The molecule has 9 heteroatoms. The summed E-state index contributed by atoms with van der Waals surface area (Å²) in [6, 6.07) is 1.21. The first kappa shape index (κ1) is 17.0. The van der Waals surface area contributed by atoms with Crippen LogP contribution in [0.15, 0.2) is 18.2 Å². The van der Waals surface area contributed by atoms with Crippen molar-refractivity contribution in [2.24, 2.45) is 5.92 Å². The van der Waals surface area contributed by atoms with Gasteiger partial charge in [-0.2, -0.15) is 13.2 Å². The third-order valence-electron chi connectivity index (χ3n) is 3.66. The lowest BCUT2D eigenvalue weighted by Gasteiger charge is -2.30. The van der Waals surface area contributed by atoms with Crippen LogP contribution in [0, 0.1) is 11.7 Å². The van der Waals surface area contributed by atoms with Crippen LogP contribution in [0.4, 0.5) is 28.0 Å². The number of carboxylic acids is 1. The fraction of sp³-hybridized carbons (Fsp3) is 0.429. The van der Waals surface area contributed by atoms with Gasteiger partial charge in [0.15, 0.2) is 0 Å². The normalized spacial score (nSPS) is 16.3. The molecule has 1 saturated heterocycles. The second-order valence-corrected chi connectivity index (χ2v) is 5.22. The highest BCUT2D eigenvalue weighted by atomic mass is 19.4. The summed E-state index contributed by atoms with van der Waals surface area (Å²) in [7, 11) is 0. The van der Waals surface area contributed by atoms with Crippen LogP contribution in [0.1, 0.15) is 18.4 Å². The molecule has 2 rings (SSSR count). The van der Waals surface area contributed by atoms with E-state index in [0.29, 0.717) is 6.07 Å². The van der Waals surface area contributed by atoms with Crippen molar-refractivity contribution < 1.29 is 32.3 Å². The molecule has 0 bridgehead atoms. The highest BCUT2D eigenvalue weighted by Crippen LogP contribution is 2.35. The Kier molecular flexibility index (Phi) is 4.76. The number of hydrogen-bond donors (Lipinski definition) is 2. The smallest absolute Gasteiger partial charge is 0.418 e. The van der Waals surface area contributed by atoms with Crippen molar-refractivity contribution in [3.63, 3.8) is 0 Å². The van der Waals surface area contributed by atoms with E-state index < -0.39 is 41.2 Å². The summed E-state index contributed by atoms with van der Waals surface area (Å²) in [6.45, 7) is 0.261. The zero-order valence-electron chi connectivity index (χ0n) is 11.9. The van der Waals surface area contributed by atoms with Gasteiger partial charge in [-0.05, 0) is 31.0 Å². The minimum atomic E-state index is -4.80. The van der Waals surface area contributed by atoms with Gasteiger partial charge >= 0.3 is 18.2 Å². The fourth-order valence-corrected chi connectivity index (χ4v) is 2.38. The van der Waals surface area contributed by atoms with E-state index in [1.54, 1.807) is 0 Å². The highest BCUT2D eigenvalue weighted by molar-refractivity contribution is 5.90. The van der Waals surface area contributed by atoms with Gasteiger partial charge in [0, 0.05) is 13.1 Å². The third kappa shape index (κ3) is 4.11. The number of benzene rings is 1. The van der Waals surface area contributed by atoms with E-state index in [2.05, 4.69) is 5.32 Å². The van der Waals surface area contributed by atoms with E-state index >= 15 is 0 Å². The van der Waals surface area contributed by atoms with Gasteiger partial charge in [-0.1, -0.05) is 0 Å². The molecular formula is C14H14F4N2O3. The number of urea groups is 1. The number of halogens is 4. The summed E-state index contributed by atoms with van der Waals surface area (Å²) >= 11 is 0. The number of anilines is 1. The number of hydrogen-bond acceptors (Lipinski definition) is 2. The Morgan fingerprint density at radius 3 is 2.35 bits per heavy atom. The Bertz CT molecular complexity index is 611. The molecular weight excluding hydrogens is 320 g/mol. The minimum absolute atomic E-state index is 0.130. The number of aliphatic carboxylic acids is 1. The van der Waals surface area contributed by atoms with E-state index in [9.17, 15) is 27.2 Å². The molecule has 1 heterocycles. The first-order chi connectivity index (χ1) is 10.7. The van der Waals surface area contributed by atoms with Crippen LogP contribution in [-0.2, 0) is 11.0 Å². The van der Waals surface area contributed by atoms with E-state index in [1.165, 1.54) is 4.90 Å². The average molecular weight is 334 g/mol. The molecule has 0 aliphatic carbocycles. The summed E-state index contributed by atoms with van der Waals surface area (Å²) < 4.78 is 51.6. The number of carbonyl (C=O) groups excluding carboxylic acids is 1. The van der Waals surface area contributed by atoms with E-state index in [0.717, 1.165) is 12.1 Å². The van der Waals surface area contributed by atoms with Crippen molar-refractivity contribution in [3.8, 4) is 0 Å². The first-order valence-corrected chi connectivity index (χ1v) is 6.84. The second kappa shape index (κ2) is 6.43. The molecule has 1 aliphatic heterocycles. The number of nitrogens with one attached hydrogen (secondary N) is 1. The number of nitrogens with zero attached hydrogens (tertiary/aromatic N) is 1. The minimum Gasteiger partial charge on any atom is -0.481 e. The second-order valence-electron chi connectivity index (χ2n) is 5.22. The number of carbonyl (C=O) groups is 2.